The second-order valence-corrected chi connectivity index (χ2v) is 9.47. The minimum atomic E-state index is -0.476. The van der Waals surface area contributed by atoms with Crippen LogP contribution in [0.2, 0.25) is 0 Å². The molecule has 0 bridgehead atoms. The summed E-state index contributed by atoms with van der Waals surface area (Å²) in [5.41, 5.74) is 2.72. The lowest BCUT2D eigenvalue weighted by Gasteiger charge is -2.35. The molecular weight excluding hydrogens is 490 g/mol. The van der Waals surface area contributed by atoms with E-state index >= 15 is 0 Å². The molecule has 0 amide bonds. The molecular formula is C28H25N3O7. The molecule has 3 heterocycles. The van der Waals surface area contributed by atoms with E-state index < -0.39 is 4.92 Å². The Morgan fingerprint density at radius 1 is 0.921 bits per heavy atom. The van der Waals surface area contributed by atoms with Gasteiger partial charge in [0.1, 0.15) is 11.5 Å². The lowest BCUT2D eigenvalue weighted by Crippen LogP contribution is -2.45. The van der Waals surface area contributed by atoms with Crippen LogP contribution in [0.4, 0.5) is 5.69 Å². The van der Waals surface area contributed by atoms with Gasteiger partial charge in [-0.15, -0.1) is 0 Å². The molecule has 0 radical (unpaired) electrons. The molecule has 0 aromatic heterocycles. The molecule has 0 unspecified atom stereocenters. The lowest BCUT2D eigenvalue weighted by molar-refractivity contribution is -0.384. The van der Waals surface area contributed by atoms with Crippen molar-refractivity contribution in [2.45, 2.75) is 13.1 Å². The zero-order valence-electron chi connectivity index (χ0n) is 20.5. The summed E-state index contributed by atoms with van der Waals surface area (Å²) in [4.78, 5) is 28.0. The number of carbonyl (C=O) groups excluding carboxylic acids is 1. The van der Waals surface area contributed by atoms with Gasteiger partial charge < -0.3 is 19.3 Å². The number of hydrogen-bond acceptors (Lipinski definition) is 9. The summed E-state index contributed by atoms with van der Waals surface area (Å²) in [6.45, 7) is 4.83. The number of rotatable bonds is 6. The third-order valence-electron chi connectivity index (χ3n) is 7.01. The topological polar surface area (TPSA) is 115 Å². The van der Waals surface area contributed by atoms with Crippen LogP contribution >= 0.6 is 0 Å². The number of nitrogens with zero attached hydrogens (tertiary/aromatic N) is 3. The molecule has 3 aromatic rings. The fourth-order valence-electron chi connectivity index (χ4n) is 4.92. The van der Waals surface area contributed by atoms with Gasteiger partial charge in [0.2, 0.25) is 12.6 Å². The van der Waals surface area contributed by atoms with Gasteiger partial charge in [0, 0.05) is 51.4 Å². The summed E-state index contributed by atoms with van der Waals surface area (Å²) in [6, 6.07) is 15.0. The van der Waals surface area contributed by atoms with Crippen LogP contribution in [0.15, 0.2) is 60.4 Å². The van der Waals surface area contributed by atoms with Crippen LogP contribution in [0, 0.1) is 10.1 Å². The van der Waals surface area contributed by atoms with Gasteiger partial charge in [-0.05, 0) is 53.6 Å². The highest BCUT2D eigenvalue weighted by atomic mass is 16.7. The van der Waals surface area contributed by atoms with Crippen molar-refractivity contribution in [3.8, 4) is 23.0 Å². The monoisotopic (exact) mass is 515 g/mol. The summed E-state index contributed by atoms with van der Waals surface area (Å²) in [7, 11) is 0. The van der Waals surface area contributed by atoms with Crippen LogP contribution in [0.5, 0.6) is 23.0 Å². The first-order chi connectivity index (χ1) is 18.4. The zero-order valence-corrected chi connectivity index (χ0v) is 20.5. The number of hydrogen-bond donors (Lipinski definition) is 1. The van der Waals surface area contributed by atoms with Crippen molar-refractivity contribution in [2.75, 3.05) is 33.0 Å². The minimum Gasteiger partial charge on any atom is -0.507 e. The average Bonchev–Trinajstić information content (AvgIpc) is 3.51. The number of carbonyl (C=O) groups is 1. The predicted molar refractivity (Wildman–Crippen MR) is 137 cm³/mol. The summed E-state index contributed by atoms with van der Waals surface area (Å²) in [5.74, 6) is 1.84. The molecule has 1 fully saturated rings. The van der Waals surface area contributed by atoms with Gasteiger partial charge >= 0.3 is 0 Å². The summed E-state index contributed by atoms with van der Waals surface area (Å²) in [5, 5.41) is 21.5. The molecule has 0 saturated carbocycles. The Labute approximate surface area is 218 Å². The van der Waals surface area contributed by atoms with E-state index in [0.717, 1.165) is 44.2 Å². The van der Waals surface area contributed by atoms with Gasteiger partial charge in [-0.3, -0.25) is 24.7 Å². The van der Waals surface area contributed by atoms with Gasteiger partial charge in [0.15, 0.2) is 17.3 Å². The molecule has 0 spiro atoms. The second-order valence-electron chi connectivity index (χ2n) is 9.47. The normalized spacial score (nSPS) is 18.0. The van der Waals surface area contributed by atoms with Crippen LogP contribution in [0.3, 0.4) is 0 Å². The second kappa shape index (κ2) is 9.81. The zero-order chi connectivity index (χ0) is 26.2. The maximum Gasteiger partial charge on any atom is 0.269 e. The summed E-state index contributed by atoms with van der Waals surface area (Å²) >= 11 is 0. The average molecular weight is 516 g/mol. The Bertz CT molecular complexity index is 1440. The van der Waals surface area contributed by atoms with E-state index in [2.05, 4.69) is 15.9 Å². The molecule has 10 heteroatoms. The quantitative estimate of drug-likeness (QED) is 0.296. The fourth-order valence-corrected chi connectivity index (χ4v) is 4.92. The van der Waals surface area contributed by atoms with Crippen molar-refractivity contribution in [3.05, 3.63) is 92.7 Å². The number of aromatic hydroxyl groups is 1. The third kappa shape index (κ3) is 4.67. The first-order valence-electron chi connectivity index (χ1n) is 12.3. The smallest absolute Gasteiger partial charge is 0.269 e. The van der Waals surface area contributed by atoms with Crippen LogP contribution in [0.25, 0.3) is 6.08 Å². The van der Waals surface area contributed by atoms with Crippen LogP contribution in [0.1, 0.15) is 27.0 Å². The maximum absolute atomic E-state index is 13.0. The predicted octanol–water partition coefficient (Wildman–Crippen LogP) is 3.96. The Morgan fingerprint density at radius 2 is 1.63 bits per heavy atom. The molecule has 10 nitrogen and oxygen atoms in total. The highest BCUT2D eigenvalue weighted by Crippen LogP contribution is 2.40. The molecule has 38 heavy (non-hydrogen) atoms. The summed E-state index contributed by atoms with van der Waals surface area (Å²) in [6.07, 6.45) is 1.56. The molecule has 0 atom stereocenters. The molecule has 3 aromatic carbocycles. The number of phenols is 1. The Balaban J connectivity index is 1.12. The summed E-state index contributed by atoms with van der Waals surface area (Å²) < 4.78 is 16.8. The Hall–Kier alpha value is -4.41. The van der Waals surface area contributed by atoms with Crippen LogP contribution in [-0.4, -0.2) is 58.6 Å². The van der Waals surface area contributed by atoms with Crippen molar-refractivity contribution < 1.29 is 29.0 Å². The fraction of sp³-hybridized carbons (Fsp3) is 0.250. The van der Waals surface area contributed by atoms with E-state index in [4.69, 9.17) is 14.2 Å². The van der Waals surface area contributed by atoms with Crippen molar-refractivity contribution in [1.82, 2.24) is 9.80 Å². The maximum atomic E-state index is 13.0. The number of piperazine rings is 1. The SMILES string of the molecule is O=C1/C(=C/c2ccc([N+](=O)[O-])cc2)Oc2c1ccc(O)c2CN1CCN(Cc2ccc3c(c2)OCO3)CC1. The van der Waals surface area contributed by atoms with E-state index in [9.17, 15) is 20.0 Å². The number of phenolic OH excluding ortho intramolecular Hbond substituents is 1. The molecule has 3 aliphatic heterocycles. The van der Waals surface area contributed by atoms with E-state index in [1.807, 2.05) is 12.1 Å². The van der Waals surface area contributed by atoms with Crippen LogP contribution in [-0.2, 0) is 13.1 Å². The largest absolute Gasteiger partial charge is 0.507 e. The first kappa shape index (κ1) is 24.0. The van der Waals surface area contributed by atoms with Gasteiger partial charge in [-0.1, -0.05) is 6.07 Å². The van der Waals surface area contributed by atoms with E-state index in [1.54, 1.807) is 24.3 Å². The molecule has 1 N–H and O–H groups in total. The highest BCUT2D eigenvalue weighted by molar-refractivity contribution is 6.15. The Morgan fingerprint density at radius 3 is 2.37 bits per heavy atom. The van der Waals surface area contributed by atoms with E-state index in [-0.39, 0.29) is 29.8 Å². The number of Topliss-reactive ketones (excluding diaryl/α,β-unsaturated/α-hetero) is 1. The number of allylic oxidation sites excluding steroid dienone is 1. The number of benzene rings is 3. The molecule has 3 aliphatic rings. The number of nitro groups is 1. The van der Waals surface area contributed by atoms with Gasteiger partial charge in [0.25, 0.3) is 5.69 Å². The van der Waals surface area contributed by atoms with Crippen molar-refractivity contribution in [1.29, 1.82) is 0 Å². The molecule has 194 valence electrons. The lowest BCUT2D eigenvalue weighted by atomic mass is 10.0. The standard InChI is InChI=1S/C28H25N3O7/c32-23-7-6-21-27(33)26(13-18-1-4-20(5-2-18)31(34)35)38-28(21)22(23)16-30-11-9-29(10-12-30)15-19-3-8-24-25(14-19)37-17-36-24/h1-8,13-14,32H,9-12,15-17H2/b26-13-. The minimum absolute atomic E-state index is 0.0303. The molecule has 1 saturated heterocycles. The van der Waals surface area contributed by atoms with Crippen molar-refractivity contribution in [3.63, 3.8) is 0 Å². The van der Waals surface area contributed by atoms with E-state index in [0.29, 0.717) is 29.0 Å². The number of nitro benzene ring substituents is 1. The number of non-ortho nitro benzene ring substituents is 1. The highest BCUT2D eigenvalue weighted by Gasteiger charge is 2.32. The number of ketones is 1. The van der Waals surface area contributed by atoms with Gasteiger partial charge in [0.05, 0.1) is 16.1 Å². The number of fused-ring (bicyclic) bond motifs is 2. The van der Waals surface area contributed by atoms with Crippen molar-refractivity contribution in [2.24, 2.45) is 0 Å². The Kier molecular flexibility index (Phi) is 6.18. The number of ether oxygens (including phenoxy) is 3. The third-order valence-corrected chi connectivity index (χ3v) is 7.01. The van der Waals surface area contributed by atoms with Crippen molar-refractivity contribution >= 4 is 17.5 Å². The van der Waals surface area contributed by atoms with E-state index in [1.165, 1.54) is 23.8 Å². The molecule has 6 rings (SSSR count). The molecule has 0 aliphatic carbocycles. The van der Waals surface area contributed by atoms with Crippen LogP contribution < -0.4 is 14.2 Å². The van der Waals surface area contributed by atoms with Gasteiger partial charge in [-0.25, -0.2) is 0 Å². The first-order valence-corrected chi connectivity index (χ1v) is 12.3. The van der Waals surface area contributed by atoms with Gasteiger partial charge in [-0.2, -0.15) is 0 Å².